The van der Waals surface area contributed by atoms with Gasteiger partial charge in [-0.2, -0.15) is 0 Å². The standard InChI is InChI=1S/C18H24N2O3/c1-14(21)18(15-5-3-2-4-6-15)7-10-20(11-8-18)17(22)16-13-19-9-12-23-16/h2-6,16,19H,7-13H2,1H3. The molecule has 0 saturated carbocycles. The van der Waals surface area contributed by atoms with E-state index in [0.29, 0.717) is 39.1 Å². The van der Waals surface area contributed by atoms with Crippen molar-refractivity contribution in [3.05, 3.63) is 35.9 Å². The highest BCUT2D eigenvalue weighted by Crippen LogP contribution is 2.36. The number of nitrogens with zero attached hydrogens (tertiary/aromatic N) is 1. The first-order valence-electron chi connectivity index (χ1n) is 8.31. The van der Waals surface area contributed by atoms with Gasteiger partial charge in [0, 0.05) is 26.2 Å². The molecular weight excluding hydrogens is 292 g/mol. The lowest BCUT2D eigenvalue weighted by Gasteiger charge is -2.41. The molecule has 1 unspecified atom stereocenters. The smallest absolute Gasteiger partial charge is 0.253 e. The van der Waals surface area contributed by atoms with Crippen LogP contribution in [-0.4, -0.2) is 55.5 Å². The van der Waals surface area contributed by atoms with Gasteiger partial charge in [-0.1, -0.05) is 30.3 Å². The highest BCUT2D eigenvalue weighted by atomic mass is 16.5. The molecule has 1 amide bonds. The van der Waals surface area contributed by atoms with E-state index in [2.05, 4.69) is 5.32 Å². The summed E-state index contributed by atoms with van der Waals surface area (Å²) in [7, 11) is 0. The molecule has 2 aliphatic heterocycles. The van der Waals surface area contributed by atoms with E-state index in [0.717, 1.165) is 12.1 Å². The van der Waals surface area contributed by atoms with E-state index >= 15 is 0 Å². The predicted octanol–water partition coefficient (Wildman–Crippen LogP) is 1.12. The Kier molecular flexibility index (Phi) is 4.78. The van der Waals surface area contributed by atoms with E-state index in [4.69, 9.17) is 4.74 Å². The summed E-state index contributed by atoms with van der Waals surface area (Å²) in [4.78, 5) is 26.8. The first kappa shape index (κ1) is 16.1. The van der Waals surface area contributed by atoms with Gasteiger partial charge in [-0.25, -0.2) is 0 Å². The minimum atomic E-state index is -0.455. The third kappa shape index (κ3) is 3.16. The van der Waals surface area contributed by atoms with E-state index in [9.17, 15) is 9.59 Å². The summed E-state index contributed by atoms with van der Waals surface area (Å²) in [6, 6.07) is 9.95. The van der Waals surface area contributed by atoms with Crippen LogP contribution in [0.25, 0.3) is 0 Å². The number of morpholine rings is 1. The number of Topliss-reactive ketones (excluding diaryl/α,β-unsaturated/α-hetero) is 1. The van der Waals surface area contributed by atoms with Gasteiger partial charge in [0.25, 0.3) is 5.91 Å². The fraction of sp³-hybridized carbons (Fsp3) is 0.556. The lowest BCUT2D eigenvalue weighted by Crippen LogP contribution is -2.54. The van der Waals surface area contributed by atoms with E-state index in [1.54, 1.807) is 6.92 Å². The summed E-state index contributed by atoms with van der Waals surface area (Å²) in [6.45, 7) is 4.82. The summed E-state index contributed by atoms with van der Waals surface area (Å²) in [5.74, 6) is 0.230. The molecule has 5 heteroatoms. The number of carbonyl (C=O) groups is 2. The van der Waals surface area contributed by atoms with Gasteiger partial charge in [-0.3, -0.25) is 9.59 Å². The van der Waals surface area contributed by atoms with E-state index < -0.39 is 5.41 Å². The van der Waals surface area contributed by atoms with Crippen molar-refractivity contribution in [3.63, 3.8) is 0 Å². The minimum Gasteiger partial charge on any atom is -0.366 e. The molecule has 1 aromatic rings. The van der Waals surface area contributed by atoms with Crippen LogP contribution in [0.4, 0.5) is 0 Å². The lowest BCUT2D eigenvalue weighted by molar-refractivity contribution is -0.148. The van der Waals surface area contributed by atoms with Gasteiger partial charge in [-0.05, 0) is 25.3 Å². The minimum absolute atomic E-state index is 0.0439. The summed E-state index contributed by atoms with van der Waals surface area (Å²) in [5.41, 5.74) is 0.610. The second kappa shape index (κ2) is 6.81. The van der Waals surface area contributed by atoms with Gasteiger partial charge in [0.2, 0.25) is 0 Å². The van der Waals surface area contributed by atoms with Crippen LogP contribution in [0.15, 0.2) is 30.3 Å². The Morgan fingerprint density at radius 3 is 2.48 bits per heavy atom. The molecular formula is C18H24N2O3. The maximum absolute atomic E-state index is 12.5. The molecule has 0 aliphatic carbocycles. The quantitative estimate of drug-likeness (QED) is 0.908. The van der Waals surface area contributed by atoms with Crippen LogP contribution in [-0.2, 0) is 19.7 Å². The predicted molar refractivity (Wildman–Crippen MR) is 87.2 cm³/mol. The molecule has 0 spiro atoms. The van der Waals surface area contributed by atoms with Crippen molar-refractivity contribution in [2.75, 3.05) is 32.8 Å². The van der Waals surface area contributed by atoms with Gasteiger partial charge >= 0.3 is 0 Å². The number of nitrogens with one attached hydrogen (secondary N) is 1. The Bertz CT molecular complexity index is 559. The average Bonchev–Trinajstić information content (AvgIpc) is 2.62. The summed E-state index contributed by atoms with van der Waals surface area (Å²) in [5, 5.41) is 3.19. The summed E-state index contributed by atoms with van der Waals surface area (Å²) >= 11 is 0. The molecule has 2 fully saturated rings. The molecule has 1 aromatic carbocycles. The number of ether oxygens (including phenoxy) is 1. The topological polar surface area (TPSA) is 58.6 Å². The SMILES string of the molecule is CC(=O)C1(c2ccccc2)CCN(C(=O)C2CNCCO2)CC1. The van der Waals surface area contributed by atoms with Crippen molar-refractivity contribution in [1.29, 1.82) is 0 Å². The molecule has 1 N–H and O–H groups in total. The number of benzene rings is 1. The Balaban J connectivity index is 1.70. The number of carbonyl (C=O) groups excluding carboxylic acids is 2. The zero-order valence-corrected chi connectivity index (χ0v) is 13.6. The molecule has 124 valence electrons. The third-order valence-electron chi connectivity index (χ3n) is 5.13. The van der Waals surface area contributed by atoms with E-state index in [1.165, 1.54) is 0 Å². The van der Waals surface area contributed by atoms with Gasteiger partial charge in [0.05, 0.1) is 12.0 Å². The molecule has 3 rings (SSSR count). The van der Waals surface area contributed by atoms with Crippen molar-refractivity contribution in [1.82, 2.24) is 10.2 Å². The number of piperidine rings is 1. The first-order valence-corrected chi connectivity index (χ1v) is 8.31. The second-order valence-electron chi connectivity index (χ2n) is 6.39. The maximum atomic E-state index is 12.5. The fourth-order valence-corrected chi connectivity index (χ4v) is 3.64. The zero-order valence-electron chi connectivity index (χ0n) is 13.6. The Labute approximate surface area is 137 Å². The van der Waals surface area contributed by atoms with Crippen molar-refractivity contribution in [3.8, 4) is 0 Å². The molecule has 23 heavy (non-hydrogen) atoms. The van der Waals surface area contributed by atoms with Crippen LogP contribution in [0.2, 0.25) is 0 Å². The number of hydrogen-bond donors (Lipinski definition) is 1. The van der Waals surface area contributed by atoms with Crippen LogP contribution < -0.4 is 5.32 Å². The molecule has 0 aromatic heterocycles. The summed E-state index contributed by atoms with van der Waals surface area (Å²) < 4.78 is 5.56. The lowest BCUT2D eigenvalue weighted by atomic mass is 9.70. The number of ketones is 1. The Morgan fingerprint density at radius 1 is 1.22 bits per heavy atom. The maximum Gasteiger partial charge on any atom is 0.253 e. The largest absolute Gasteiger partial charge is 0.366 e. The highest BCUT2D eigenvalue weighted by Gasteiger charge is 2.42. The van der Waals surface area contributed by atoms with Gasteiger partial charge in [0.15, 0.2) is 0 Å². The number of rotatable bonds is 3. The number of amides is 1. The summed E-state index contributed by atoms with van der Waals surface area (Å²) in [6.07, 6.45) is 0.974. The van der Waals surface area contributed by atoms with Gasteiger partial charge < -0.3 is 15.0 Å². The van der Waals surface area contributed by atoms with Crippen LogP contribution >= 0.6 is 0 Å². The normalized spacial score (nSPS) is 24.2. The molecule has 2 saturated heterocycles. The van der Waals surface area contributed by atoms with Crippen molar-refractivity contribution in [2.24, 2.45) is 0 Å². The highest BCUT2D eigenvalue weighted by molar-refractivity contribution is 5.89. The Hall–Kier alpha value is -1.72. The molecule has 2 heterocycles. The zero-order chi connectivity index (χ0) is 16.3. The molecule has 5 nitrogen and oxygen atoms in total. The number of likely N-dealkylation sites (tertiary alicyclic amines) is 1. The van der Waals surface area contributed by atoms with Gasteiger partial charge in [0.1, 0.15) is 11.9 Å². The van der Waals surface area contributed by atoms with Crippen LogP contribution in [0.1, 0.15) is 25.3 Å². The monoisotopic (exact) mass is 316 g/mol. The first-order chi connectivity index (χ1) is 11.1. The Morgan fingerprint density at radius 2 is 1.91 bits per heavy atom. The van der Waals surface area contributed by atoms with Crippen molar-refractivity contribution < 1.29 is 14.3 Å². The molecule has 0 radical (unpaired) electrons. The van der Waals surface area contributed by atoms with Crippen LogP contribution in [0.5, 0.6) is 0 Å². The van der Waals surface area contributed by atoms with Gasteiger partial charge in [-0.15, -0.1) is 0 Å². The van der Waals surface area contributed by atoms with Crippen molar-refractivity contribution in [2.45, 2.75) is 31.3 Å². The van der Waals surface area contributed by atoms with Crippen LogP contribution in [0.3, 0.4) is 0 Å². The number of hydrogen-bond acceptors (Lipinski definition) is 4. The second-order valence-corrected chi connectivity index (χ2v) is 6.39. The van der Waals surface area contributed by atoms with Crippen molar-refractivity contribution >= 4 is 11.7 Å². The molecule has 0 bridgehead atoms. The molecule has 2 aliphatic rings. The fourth-order valence-electron chi connectivity index (χ4n) is 3.64. The van der Waals surface area contributed by atoms with E-state index in [-0.39, 0.29) is 17.8 Å². The average molecular weight is 316 g/mol. The third-order valence-corrected chi connectivity index (χ3v) is 5.13. The molecule has 1 atom stereocenters. The van der Waals surface area contributed by atoms with Crippen LogP contribution in [0, 0.1) is 0 Å². The van der Waals surface area contributed by atoms with E-state index in [1.807, 2.05) is 35.2 Å².